The van der Waals surface area contributed by atoms with E-state index >= 15 is 0 Å². The van der Waals surface area contributed by atoms with Crippen LogP contribution in [-0.4, -0.2) is 30.3 Å². The Balaban J connectivity index is 1.75. The van der Waals surface area contributed by atoms with Crippen LogP contribution in [0, 0.1) is 0 Å². The average molecular weight is 383 g/mol. The number of rotatable bonds is 3. The molecule has 1 aliphatic heterocycles. The molecule has 2 aromatic rings. The predicted octanol–water partition coefficient (Wildman–Crippen LogP) is 5.28. The predicted molar refractivity (Wildman–Crippen MR) is 100 cm³/mol. The molecule has 0 aromatic heterocycles. The summed E-state index contributed by atoms with van der Waals surface area (Å²) in [6.45, 7) is 0.663. The Bertz CT molecular complexity index is 740. The second-order valence-electron chi connectivity index (χ2n) is 5.24. The van der Waals surface area contributed by atoms with Crippen molar-refractivity contribution in [2.24, 2.45) is 0 Å². The van der Waals surface area contributed by atoms with E-state index in [9.17, 15) is 4.79 Å². The van der Waals surface area contributed by atoms with Crippen LogP contribution >= 0.6 is 35.0 Å². The average Bonchev–Trinajstić information content (AvgIpc) is 3.05. The highest BCUT2D eigenvalue weighted by Crippen LogP contribution is 2.41. The number of nitrogens with zero attached hydrogens (tertiary/aromatic N) is 1. The lowest BCUT2D eigenvalue weighted by Gasteiger charge is -2.25. The van der Waals surface area contributed by atoms with Gasteiger partial charge in [0.05, 0.1) is 7.11 Å². The first-order valence-electron chi connectivity index (χ1n) is 7.36. The molecular formula is C17H16Cl2N2O2S. The maximum absolute atomic E-state index is 12.6. The molecule has 0 radical (unpaired) electrons. The Morgan fingerprint density at radius 2 is 2.00 bits per heavy atom. The number of anilines is 1. The molecule has 4 nitrogen and oxygen atoms in total. The lowest BCUT2D eigenvalue weighted by Crippen LogP contribution is -2.34. The number of nitrogens with one attached hydrogen (secondary N) is 1. The molecule has 0 aliphatic carbocycles. The lowest BCUT2D eigenvalue weighted by atomic mass is 10.2. The zero-order chi connectivity index (χ0) is 17.1. The second kappa shape index (κ2) is 7.55. The van der Waals surface area contributed by atoms with Gasteiger partial charge in [-0.3, -0.25) is 0 Å². The van der Waals surface area contributed by atoms with Gasteiger partial charge < -0.3 is 15.0 Å². The third-order valence-corrected chi connectivity index (χ3v) is 5.53. The summed E-state index contributed by atoms with van der Waals surface area (Å²) < 4.78 is 5.12. The molecule has 24 heavy (non-hydrogen) atoms. The van der Waals surface area contributed by atoms with E-state index < -0.39 is 0 Å². The van der Waals surface area contributed by atoms with Crippen LogP contribution < -0.4 is 10.1 Å². The minimum absolute atomic E-state index is 0.118. The molecule has 2 aromatic carbocycles. The smallest absolute Gasteiger partial charge is 0.323 e. The number of ether oxygens (including phenoxy) is 1. The van der Waals surface area contributed by atoms with Gasteiger partial charge in [0.1, 0.15) is 11.1 Å². The summed E-state index contributed by atoms with van der Waals surface area (Å²) in [7, 11) is 1.61. The molecule has 0 bridgehead atoms. The monoisotopic (exact) mass is 382 g/mol. The van der Waals surface area contributed by atoms with Crippen LogP contribution in [0.2, 0.25) is 10.0 Å². The summed E-state index contributed by atoms with van der Waals surface area (Å²) >= 11 is 13.9. The first-order valence-corrected chi connectivity index (χ1v) is 9.17. The van der Waals surface area contributed by atoms with Gasteiger partial charge in [0, 0.05) is 33.6 Å². The Morgan fingerprint density at radius 1 is 1.25 bits per heavy atom. The number of benzene rings is 2. The van der Waals surface area contributed by atoms with E-state index in [0.717, 1.165) is 22.8 Å². The Hall–Kier alpha value is -1.56. The zero-order valence-corrected chi connectivity index (χ0v) is 15.3. The fourth-order valence-electron chi connectivity index (χ4n) is 2.51. The molecule has 0 saturated carbocycles. The zero-order valence-electron chi connectivity index (χ0n) is 13.0. The first-order chi connectivity index (χ1) is 11.6. The summed E-state index contributed by atoms with van der Waals surface area (Å²) in [5, 5.41) is 3.95. The van der Waals surface area contributed by atoms with Gasteiger partial charge in [0.15, 0.2) is 0 Å². The van der Waals surface area contributed by atoms with Gasteiger partial charge in [-0.2, -0.15) is 0 Å². The minimum atomic E-state index is -0.152. The van der Waals surface area contributed by atoms with E-state index in [0.29, 0.717) is 16.6 Å². The van der Waals surface area contributed by atoms with Crippen LogP contribution in [0.1, 0.15) is 10.9 Å². The Morgan fingerprint density at radius 3 is 2.67 bits per heavy atom. The third kappa shape index (κ3) is 3.74. The van der Waals surface area contributed by atoms with Crippen molar-refractivity contribution in [1.82, 2.24) is 4.90 Å². The number of amides is 2. The lowest BCUT2D eigenvalue weighted by molar-refractivity contribution is 0.214. The fraction of sp³-hybridized carbons (Fsp3) is 0.235. The van der Waals surface area contributed by atoms with Gasteiger partial charge in [0.2, 0.25) is 0 Å². The van der Waals surface area contributed by atoms with E-state index in [1.165, 1.54) is 0 Å². The second-order valence-corrected chi connectivity index (χ2v) is 7.27. The number of thioether (sulfide) groups is 1. The van der Waals surface area contributed by atoms with E-state index in [1.807, 2.05) is 30.3 Å². The number of hydrogen-bond donors (Lipinski definition) is 1. The normalized spacial score (nSPS) is 17.0. The van der Waals surface area contributed by atoms with Gasteiger partial charge in [-0.15, -0.1) is 11.8 Å². The van der Waals surface area contributed by atoms with E-state index in [-0.39, 0.29) is 11.4 Å². The summed E-state index contributed by atoms with van der Waals surface area (Å²) in [6, 6.07) is 12.5. The SMILES string of the molecule is COc1ccc(NC(=O)N2CCS[C@@H]2c2ccc(Cl)cc2Cl)cc1. The van der Waals surface area contributed by atoms with Gasteiger partial charge >= 0.3 is 6.03 Å². The Labute approximate surface area is 155 Å². The van der Waals surface area contributed by atoms with Crippen LogP contribution in [0.25, 0.3) is 0 Å². The number of carbonyl (C=O) groups is 1. The van der Waals surface area contributed by atoms with Crippen molar-refractivity contribution in [2.45, 2.75) is 5.37 Å². The van der Waals surface area contributed by atoms with Gasteiger partial charge in [0.25, 0.3) is 0 Å². The molecule has 0 unspecified atom stereocenters. The van der Waals surface area contributed by atoms with Crippen molar-refractivity contribution in [3.63, 3.8) is 0 Å². The van der Waals surface area contributed by atoms with Crippen molar-refractivity contribution < 1.29 is 9.53 Å². The van der Waals surface area contributed by atoms with Gasteiger partial charge in [-0.1, -0.05) is 29.3 Å². The molecule has 126 valence electrons. The number of halogens is 2. The summed E-state index contributed by atoms with van der Waals surface area (Å²) in [5.74, 6) is 1.61. The molecule has 7 heteroatoms. The van der Waals surface area contributed by atoms with E-state index in [4.69, 9.17) is 27.9 Å². The number of carbonyl (C=O) groups excluding carboxylic acids is 1. The quantitative estimate of drug-likeness (QED) is 0.784. The highest BCUT2D eigenvalue weighted by Gasteiger charge is 2.32. The largest absolute Gasteiger partial charge is 0.497 e. The van der Waals surface area contributed by atoms with Crippen molar-refractivity contribution in [3.05, 3.63) is 58.1 Å². The number of methoxy groups -OCH3 is 1. The Kier molecular flexibility index (Phi) is 5.43. The molecule has 1 fully saturated rings. The van der Waals surface area contributed by atoms with Crippen LogP contribution in [0.3, 0.4) is 0 Å². The van der Waals surface area contributed by atoms with Crippen molar-refractivity contribution in [1.29, 1.82) is 0 Å². The van der Waals surface area contributed by atoms with Crippen molar-refractivity contribution >= 4 is 46.7 Å². The van der Waals surface area contributed by atoms with Crippen LogP contribution in [0.4, 0.5) is 10.5 Å². The molecule has 2 amide bonds. The van der Waals surface area contributed by atoms with Crippen LogP contribution in [0.15, 0.2) is 42.5 Å². The first kappa shape index (κ1) is 17.3. The molecule has 1 heterocycles. The summed E-state index contributed by atoms with van der Waals surface area (Å²) in [6.07, 6.45) is 0. The molecule has 1 aliphatic rings. The van der Waals surface area contributed by atoms with E-state index in [2.05, 4.69) is 5.32 Å². The molecule has 3 rings (SSSR count). The number of hydrogen-bond acceptors (Lipinski definition) is 3. The summed E-state index contributed by atoms with van der Waals surface area (Å²) in [4.78, 5) is 14.4. The third-order valence-electron chi connectivity index (χ3n) is 3.72. The van der Waals surface area contributed by atoms with Crippen LogP contribution in [-0.2, 0) is 0 Å². The number of urea groups is 1. The highest BCUT2D eigenvalue weighted by atomic mass is 35.5. The molecular weight excluding hydrogens is 367 g/mol. The minimum Gasteiger partial charge on any atom is -0.497 e. The van der Waals surface area contributed by atoms with Crippen molar-refractivity contribution in [3.8, 4) is 5.75 Å². The highest BCUT2D eigenvalue weighted by molar-refractivity contribution is 7.99. The van der Waals surface area contributed by atoms with Crippen molar-refractivity contribution in [2.75, 3.05) is 24.7 Å². The molecule has 0 spiro atoms. The maximum Gasteiger partial charge on any atom is 0.323 e. The fourth-order valence-corrected chi connectivity index (χ4v) is 4.38. The van der Waals surface area contributed by atoms with Gasteiger partial charge in [-0.05, 0) is 36.4 Å². The van der Waals surface area contributed by atoms with E-state index in [1.54, 1.807) is 35.9 Å². The standard InChI is InChI=1S/C17H16Cl2N2O2S/c1-23-13-5-3-12(4-6-13)20-17(22)21-8-9-24-16(21)14-7-2-11(18)10-15(14)19/h2-7,10,16H,8-9H2,1H3,(H,20,22)/t16-/m1/s1. The maximum atomic E-state index is 12.6. The topological polar surface area (TPSA) is 41.6 Å². The van der Waals surface area contributed by atoms with Crippen LogP contribution in [0.5, 0.6) is 5.75 Å². The van der Waals surface area contributed by atoms with Gasteiger partial charge in [-0.25, -0.2) is 4.79 Å². The molecule has 1 N–H and O–H groups in total. The molecule has 1 saturated heterocycles. The molecule has 1 atom stereocenters. The summed E-state index contributed by atoms with van der Waals surface area (Å²) in [5.41, 5.74) is 1.62.